The van der Waals surface area contributed by atoms with Gasteiger partial charge >= 0.3 is 5.97 Å². The first kappa shape index (κ1) is 26.1. The average molecular weight is 449 g/mol. The van der Waals surface area contributed by atoms with Crippen LogP contribution in [0, 0.1) is 19.8 Å². The van der Waals surface area contributed by atoms with Crippen LogP contribution >= 0.6 is 0 Å². The van der Waals surface area contributed by atoms with E-state index in [1.807, 2.05) is 19.9 Å². The zero-order chi connectivity index (χ0) is 24.2. The molecular weight excluding hydrogens is 412 g/mol. The Morgan fingerprint density at radius 1 is 1.19 bits per heavy atom. The highest BCUT2D eigenvalue weighted by atomic mass is 16.8. The van der Waals surface area contributed by atoms with Gasteiger partial charge in [0.05, 0.1) is 24.9 Å². The molecule has 32 heavy (non-hydrogen) atoms. The zero-order valence-electron chi connectivity index (χ0n) is 20.0. The summed E-state index contributed by atoms with van der Waals surface area (Å²) in [6, 6.07) is 1.79. The minimum atomic E-state index is -1.02. The number of carbonyl (C=O) groups is 1. The number of aliphatic hydroxyl groups excluding tert-OH is 2. The second-order valence-electron chi connectivity index (χ2n) is 8.89. The Labute approximate surface area is 190 Å². The molecule has 1 aromatic rings. The van der Waals surface area contributed by atoms with E-state index >= 15 is 0 Å². The van der Waals surface area contributed by atoms with Crippen molar-refractivity contribution in [1.29, 1.82) is 0 Å². The molecule has 0 amide bonds. The van der Waals surface area contributed by atoms with Crippen LogP contribution in [0.1, 0.15) is 61.2 Å². The molecule has 178 valence electrons. The Hall–Kier alpha value is -2.19. The molecule has 0 radical (unpaired) electrons. The normalized spacial score (nSPS) is 23.5. The molecule has 7 heteroatoms. The number of methoxy groups -OCH3 is 1. The van der Waals surface area contributed by atoms with E-state index in [9.17, 15) is 20.1 Å². The van der Waals surface area contributed by atoms with Crippen LogP contribution in [-0.4, -0.2) is 58.6 Å². The molecule has 0 aliphatic carbocycles. The first-order chi connectivity index (χ1) is 14.9. The molecular formula is C25H36O7. The first-order valence-corrected chi connectivity index (χ1v) is 10.9. The first-order valence-electron chi connectivity index (χ1n) is 10.9. The summed E-state index contributed by atoms with van der Waals surface area (Å²) >= 11 is 0. The van der Waals surface area contributed by atoms with Crippen molar-refractivity contribution in [2.75, 3.05) is 7.11 Å². The van der Waals surface area contributed by atoms with E-state index in [2.05, 4.69) is 0 Å². The van der Waals surface area contributed by atoms with Gasteiger partial charge in [-0.05, 0) is 58.1 Å². The summed E-state index contributed by atoms with van der Waals surface area (Å²) in [5.74, 6) is -1.48. The molecule has 5 atom stereocenters. The summed E-state index contributed by atoms with van der Waals surface area (Å²) in [7, 11) is 1.52. The van der Waals surface area contributed by atoms with Gasteiger partial charge in [-0.15, -0.1) is 0 Å². The molecule has 1 aliphatic heterocycles. The summed E-state index contributed by atoms with van der Waals surface area (Å²) in [6.45, 7) is 10.8. The van der Waals surface area contributed by atoms with Crippen LogP contribution in [0.15, 0.2) is 24.3 Å². The summed E-state index contributed by atoms with van der Waals surface area (Å²) in [4.78, 5) is 11.9. The second-order valence-corrected chi connectivity index (χ2v) is 8.89. The number of hydrogen-bond acceptors (Lipinski definition) is 6. The Bertz CT molecular complexity index is 870. The average Bonchev–Trinajstić information content (AvgIpc) is 2.99. The number of benzene rings is 1. The quantitative estimate of drug-likeness (QED) is 0.493. The lowest BCUT2D eigenvalue weighted by Crippen LogP contribution is -2.34. The van der Waals surface area contributed by atoms with Crippen molar-refractivity contribution in [3.8, 4) is 5.75 Å². The molecule has 0 aromatic heterocycles. The SMILES string of the molecule is COc1c(C)cc(C)c(C(=O)O)c1/C=C/C[C@H]1OC(C)(C)O[C@@H]1C(O)/C=C\[C@@H](C)[C@H](C)O. The predicted octanol–water partition coefficient (Wildman–Crippen LogP) is 3.87. The van der Waals surface area contributed by atoms with Gasteiger partial charge in [0.25, 0.3) is 0 Å². The van der Waals surface area contributed by atoms with E-state index in [1.165, 1.54) is 7.11 Å². The van der Waals surface area contributed by atoms with Gasteiger partial charge in [0, 0.05) is 5.56 Å². The monoisotopic (exact) mass is 448 g/mol. The van der Waals surface area contributed by atoms with Crippen molar-refractivity contribution in [1.82, 2.24) is 0 Å². The topological polar surface area (TPSA) is 105 Å². The lowest BCUT2D eigenvalue weighted by molar-refractivity contribution is -0.152. The maximum Gasteiger partial charge on any atom is 0.336 e. The molecule has 0 bridgehead atoms. The standard InChI is InChI=1S/C25H36O7/c1-14(17(4)26)11-12-19(27)23-20(31-25(5,6)32-23)10-8-9-18-21(24(28)29)15(2)13-16(3)22(18)30-7/h8-9,11-14,17,19-20,23,26-27H,10H2,1-7H3,(H,28,29)/b9-8+,12-11-/t14-,17+,19?,20-,23-/m1/s1. The largest absolute Gasteiger partial charge is 0.496 e. The van der Waals surface area contributed by atoms with Crippen molar-refractivity contribution in [3.63, 3.8) is 0 Å². The Balaban J connectivity index is 2.27. The molecule has 3 N–H and O–H groups in total. The third kappa shape index (κ3) is 6.19. The second kappa shape index (κ2) is 10.6. The van der Waals surface area contributed by atoms with Crippen LogP contribution in [0.3, 0.4) is 0 Å². The van der Waals surface area contributed by atoms with Gasteiger partial charge in [0.2, 0.25) is 0 Å². The van der Waals surface area contributed by atoms with Crippen LogP contribution in [0.5, 0.6) is 5.75 Å². The number of rotatable bonds is 9. The van der Waals surface area contributed by atoms with Crippen LogP contribution in [0.25, 0.3) is 6.08 Å². The number of aromatic carboxylic acids is 1. The molecule has 1 aliphatic rings. The number of ether oxygens (including phenoxy) is 3. The lowest BCUT2D eigenvalue weighted by Gasteiger charge is -2.20. The molecule has 1 fully saturated rings. The fraction of sp³-hybridized carbons (Fsp3) is 0.560. The highest BCUT2D eigenvalue weighted by molar-refractivity contribution is 5.95. The summed E-state index contributed by atoms with van der Waals surface area (Å²) in [5, 5.41) is 30.0. The number of hydrogen-bond donors (Lipinski definition) is 3. The molecule has 1 heterocycles. The minimum absolute atomic E-state index is 0.107. The number of carboxylic acid groups (broad SMARTS) is 1. The minimum Gasteiger partial charge on any atom is -0.496 e. The zero-order valence-corrected chi connectivity index (χ0v) is 20.0. The van der Waals surface area contributed by atoms with Crippen molar-refractivity contribution in [2.24, 2.45) is 5.92 Å². The van der Waals surface area contributed by atoms with Crippen LogP contribution < -0.4 is 4.74 Å². The Morgan fingerprint density at radius 3 is 2.41 bits per heavy atom. The van der Waals surface area contributed by atoms with Crippen LogP contribution in [0.2, 0.25) is 0 Å². The van der Waals surface area contributed by atoms with Gasteiger partial charge in [0.1, 0.15) is 18.0 Å². The number of aliphatic hydroxyl groups is 2. The third-order valence-electron chi connectivity index (χ3n) is 5.70. The summed E-state index contributed by atoms with van der Waals surface area (Å²) in [6.07, 6.45) is 4.86. The van der Waals surface area contributed by atoms with Crippen LogP contribution in [-0.2, 0) is 9.47 Å². The van der Waals surface area contributed by atoms with Crippen molar-refractivity contribution in [3.05, 3.63) is 46.5 Å². The van der Waals surface area contributed by atoms with E-state index in [4.69, 9.17) is 14.2 Å². The van der Waals surface area contributed by atoms with E-state index in [0.717, 1.165) is 5.56 Å². The molecule has 2 rings (SSSR count). The molecule has 0 saturated carbocycles. The van der Waals surface area contributed by atoms with E-state index in [0.29, 0.717) is 23.3 Å². The lowest BCUT2D eigenvalue weighted by atomic mass is 9.96. The molecule has 1 aromatic carbocycles. The van der Waals surface area contributed by atoms with E-state index < -0.39 is 36.2 Å². The summed E-state index contributed by atoms with van der Waals surface area (Å²) < 4.78 is 17.4. The van der Waals surface area contributed by atoms with Crippen molar-refractivity contribution >= 4 is 12.0 Å². The van der Waals surface area contributed by atoms with Crippen LogP contribution in [0.4, 0.5) is 0 Å². The predicted molar refractivity (Wildman–Crippen MR) is 123 cm³/mol. The van der Waals surface area contributed by atoms with Gasteiger partial charge < -0.3 is 29.5 Å². The fourth-order valence-corrected chi connectivity index (χ4v) is 3.93. The Morgan fingerprint density at radius 2 is 1.84 bits per heavy atom. The van der Waals surface area contributed by atoms with Crippen molar-refractivity contribution < 1.29 is 34.3 Å². The summed E-state index contributed by atoms with van der Waals surface area (Å²) in [5.41, 5.74) is 2.20. The third-order valence-corrected chi connectivity index (χ3v) is 5.70. The van der Waals surface area contributed by atoms with Crippen molar-refractivity contribution in [2.45, 2.75) is 78.2 Å². The van der Waals surface area contributed by atoms with E-state index in [1.54, 1.807) is 52.0 Å². The fourth-order valence-electron chi connectivity index (χ4n) is 3.93. The number of carboxylic acids is 1. The maximum absolute atomic E-state index is 11.9. The Kier molecular flexibility index (Phi) is 8.65. The number of aryl methyl sites for hydroxylation is 2. The van der Waals surface area contributed by atoms with Gasteiger partial charge in [-0.3, -0.25) is 0 Å². The maximum atomic E-state index is 11.9. The van der Waals surface area contributed by atoms with Gasteiger partial charge in [0.15, 0.2) is 5.79 Å². The smallest absolute Gasteiger partial charge is 0.336 e. The van der Waals surface area contributed by atoms with Gasteiger partial charge in [-0.1, -0.05) is 37.3 Å². The highest BCUT2D eigenvalue weighted by Gasteiger charge is 2.43. The molecule has 0 spiro atoms. The van der Waals surface area contributed by atoms with Gasteiger partial charge in [-0.2, -0.15) is 0 Å². The molecule has 7 nitrogen and oxygen atoms in total. The van der Waals surface area contributed by atoms with Gasteiger partial charge in [-0.25, -0.2) is 4.79 Å². The van der Waals surface area contributed by atoms with E-state index in [-0.39, 0.29) is 11.5 Å². The highest BCUT2D eigenvalue weighted by Crippen LogP contribution is 2.34. The molecule has 1 saturated heterocycles. The molecule has 1 unspecified atom stereocenters.